The van der Waals surface area contributed by atoms with E-state index in [-0.39, 0.29) is 23.4 Å². The minimum atomic E-state index is -0.131. The first-order valence-electron chi connectivity index (χ1n) is 14.2. The second-order valence-corrected chi connectivity index (χ2v) is 13.5. The van der Waals surface area contributed by atoms with Crippen LogP contribution in [0.4, 0.5) is 0 Å². The Labute approximate surface area is 213 Å². The average Bonchev–Trinajstić information content (AvgIpc) is 3.03. The van der Waals surface area contributed by atoms with Crippen molar-refractivity contribution in [3.8, 4) is 0 Å². The van der Waals surface area contributed by atoms with Gasteiger partial charge in [-0.2, -0.15) is 0 Å². The summed E-state index contributed by atoms with van der Waals surface area (Å²) >= 11 is 0. The van der Waals surface area contributed by atoms with Gasteiger partial charge in [0, 0.05) is 31.0 Å². The van der Waals surface area contributed by atoms with Gasteiger partial charge in [0.1, 0.15) is 6.10 Å². The van der Waals surface area contributed by atoms with Crippen LogP contribution in [0.1, 0.15) is 92.9 Å². The number of rotatable bonds is 5. The van der Waals surface area contributed by atoms with Crippen molar-refractivity contribution in [1.29, 1.82) is 0 Å². The summed E-state index contributed by atoms with van der Waals surface area (Å²) in [5.41, 5.74) is 1.65. The van der Waals surface area contributed by atoms with Crippen LogP contribution in [0.15, 0.2) is 11.6 Å². The van der Waals surface area contributed by atoms with Gasteiger partial charge in [0.2, 0.25) is 5.91 Å². The van der Waals surface area contributed by atoms with Gasteiger partial charge in [-0.3, -0.25) is 9.59 Å². The molecule has 4 saturated carbocycles. The summed E-state index contributed by atoms with van der Waals surface area (Å²) in [5, 5.41) is 3.30. The highest BCUT2D eigenvalue weighted by molar-refractivity contribution is 5.88. The SMILES string of the molecule is CC(=O)OC1CC2C3CCC4C[C@@H](NC(=O)C=C(C)C)CC[C@]4(C)C3CC[C@]2(C)[C@H]1C(C)N(C)C. The van der Waals surface area contributed by atoms with Crippen molar-refractivity contribution in [1.82, 2.24) is 10.2 Å². The van der Waals surface area contributed by atoms with Crippen molar-refractivity contribution in [3.05, 3.63) is 11.6 Å². The van der Waals surface area contributed by atoms with Crippen LogP contribution in [0.25, 0.3) is 0 Å². The van der Waals surface area contributed by atoms with Gasteiger partial charge >= 0.3 is 5.97 Å². The number of carbonyl (C=O) groups excluding carboxylic acids is 2. The summed E-state index contributed by atoms with van der Waals surface area (Å²) in [4.78, 5) is 26.8. The zero-order chi connectivity index (χ0) is 25.7. The maximum absolute atomic E-state index is 12.4. The lowest BCUT2D eigenvalue weighted by Gasteiger charge is -2.61. The Balaban J connectivity index is 1.53. The second-order valence-electron chi connectivity index (χ2n) is 13.5. The molecule has 4 aliphatic rings. The third kappa shape index (κ3) is 4.83. The normalized spacial score (nSPS) is 43.4. The van der Waals surface area contributed by atoms with Crippen LogP contribution in [0.5, 0.6) is 0 Å². The first kappa shape index (κ1) is 26.7. The molecule has 0 bridgehead atoms. The molecule has 0 aromatic rings. The first-order chi connectivity index (χ1) is 16.4. The van der Waals surface area contributed by atoms with E-state index >= 15 is 0 Å². The Kier molecular flexibility index (Phi) is 7.50. The summed E-state index contributed by atoms with van der Waals surface area (Å²) < 4.78 is 6.03. The van der Waals surface area contributed by atoms with E-state index in [0.717, 1.165) is 36.7 Å². The summed E-state index contributed by atoms with van der Waals surface area (Å²) in [7, 11) is 4.33. The van der Waals surface area contributed by atoms with E-state index in [1.54, 1.807) is 13.0 Å². The van der Waals surface area contributed by atoms with E-state index < -0.39 is 0 Å². The van der Waals surface area contributed by atoms with Crippen LogP contribution in [0.2, 0.25) is 0 Å². The molecule has 4 aliphatic carbocycles. The first-order valence-corrected chi connectivity index (χ1v) is 14.2. The fourth-order valence-corrected chi connectivity index (χ4v) is 9.44. The molecular formula is C30H50N2O3. The molecule has 198 valence electrons. The van der Waals surface area contributed by atoms with E-state index in [4.69, 9.17) is 4.74 Å². The van der Waals surface area contributed by atoms with Crippen LogP contribution in [0.3, 0.4) is 0 Å². The number of carbonyl (C=O) groups is 2. The van der Waals surface area contributed by atoms with Gasteiger partial charge in [-0.15, -0.1) is 0 Å². The predicted molar refractivity (Wildman–Crippen MR) is 141 cm³/mol. The average molecular weight is 487 g/mol. The molecule has 6 unspecified atom stereocenters. The summed E-state index contributed by atoms with van der Waals surface area (Å²) in [6.07, 6.45) is 11.3. The van der Waals surface area contributed by atoms with Gasteiger partial charge in [0.25, 0.3) is 0 Å². The molecule has 0 aromatic heterocycles. The predicted octanol–water partition coefficient (Wildman–Crippen LogP) is 5.59. The number of nitrogens with zero attached hydrogens (tertiary/aromatic N) is 1. The van der Waals surface area contributed by atoms with E-state index in [2.05, 4.69) is 45.1 Å². The number of ether oxygens (including phenoxy) is 1. The minimum Gasteiger partial charge on any atom is -0.462 e. The standard InChI is InChI=1S/C30H50N2O3/c1-18(2)15-27(34)31-22-11-13-29(5)21(16-22)9-10-23-24(29)12-14-30(6)25(23)17-26(35-20(4)33)28(30)19(3)32(7)8/h15,19,21-26,28H,9-14,16-17H2,1-8H3,(H,31,34)/t19?,21?,22-,23?,24?,25?,26?,28-,29-,30-/m0/s1. The summed E-state index contributed by atoms with van der Waals surface area (Å²) in [5.74, 6) is 3.13. The number of hydrogen-bond acceptors (Lipinski definition) is 4. The third-order valence-electron chi connectivity index (χ3n) is 11.2. The van der Waals surface area contributed by atoms with Crippen LogP contribution >= 0.6 is 0 Å². The molecule has 5 heteroatoms. The number of hydrogen-bond donors (Lipinski definition) is 1. The highest BCUT2D eigenvalue weighted by atomic mass is 16.5. The van der Waals surface area contributed by atoms with Crippen molar-refractivity contribution >= 4 is 11.9 Å². The van der Waals surface area contributed by atoms with Gasteiger partial charge in [-0.25, -0.2) is 0 Å². The lowest BCUT2D eigenvalue weighted by Crippen LogP contribution is -2.56. The smallest absolute Gasteiger partial charge is 0.302 e. The van der Waals surface area contributed by atoms with Crippen molar-refractivity contribution in [2.45, 2.75) is 111 Å². The Morgan fingerprint density at radius 1 is 0.971 bits per heavy atom. The van der Waals surface area contributed by atoms with Crippen LogP contribution < -0.4 is 5.32 Å². The molecule has 35 heavy (non-hydrogen) atoms. The monoisotopic (exact) mass is 486 g/mol. The summed E-state index contributed by atoms with van der Waals surface area (Å²) in [6.45, 7) is 13.0. The number of esters is 1. The Hall–Kier alpha value is -1.36. The Morgan fingerprint density at radius 2 is 1.66 bits per heavy atom. The zero-order valence-corrected chi connectivity index (χ0v) is 23.5. The van der Waals surface area contributed by atoms with Crippen molar-refractivity contribution < 1.29 is 14.3 Å². The van der Waals surface area contributed by atoms with Crippen molar-refractivity contribution in [2.75, 3.05) is 14.1 Å². The third-order valence-corrected chi connectivity index (χ3v) is 11.2. The van der Waals surface area contributed by atoms with Crippen LogP contribution in [-0.4, -0.2) is 49.1 Å². The maximum Gasteiger partial charge on any atom is 0.302 e. The van der Waals surface area contributed by atoms with Gasteiger partial charge in [0.05, 0.1) is 0 Å². The highest BCUT2D eigenvalue weighted by Gasteiger charge is 2.64. The molecule has 1 N–H and O–H groups in total. The number of allylic oxidation sites excluding steroid dienone is 1. The van der Waals surface area contributed by atoms with Gasteiger partial charge in [0.15, 0.2) is 0 Å². The van der Waals surface area contributed by atoms with Gasteiger partial charge < -0.3 is 15.0 Å². The largest absolute Gasteiger partial charge is 0.462 e. The molecule has 0 aromatic carbocycles. The van der Waals surface area contributed by atoms with E-state index in [1.807, 2.05) is 13.8 Å². The summed E-state index contributed by atoms with van der Waals surface area (Å²) in [6, 6.07) is 0.699. The highest BCUT2D eigenvalue weighted by Crippen LogP contribution is 2.68. The maximum atomic E-state index is 12.4. The molecule has 0 heterocycles. The number of fused-ring (bicyclic) bond motifs is 5. The minimum absolute atomic E-state index is 0.0326. The van der Waals surface area contributed by atoms with E-state index in [1.165, 1.54) is 32.1 Å². The molecule has 10 atom stereocenters. The van der Waals surface area contributed by atoms with Crippen LogP contribution in [-0.2, 0) is 14.3 Å². The fourth-order valence-electron chi connectivity index (χ4n) is 9.44. The molecular weight excluding hydrogens is 436 g/mol. The molecule has 0 saturated heterocycles. The van der Waals surface area contributed by atoms with E-state index in [0.29, 0.717) is 35.3 Å². The number of amides is 1. The van der Waals surface area contributed by atoms with E-state index in [9.17, 15) is 9.59 Å². The molecule has 0 aliphatic heterocycles. The number of nitrogens with one attached hydrogen (secondary N) is 1. The lowest BCUT2D eigenvalue weighted by molar-refractivity contribution is -0.151. The molecule has 5 nitrogen and oxygen atoms in total. The Bertz CT molecular complexity index is 849. The molecule has 4 fully saturated rings. The van der Waals surface area contributed by atoms with Gasteiger partial charge in [-0.05, 0) is 121 Å². The van der Waals surface area contributed by atoms with Crippen LogP contribution in [0, 0.1) is 40.4 Å². The Morgan fingerprint density at radius 3 is 2.29 bits per heavy atom. The topological polar surface area (TPSA) is 58.6 Å². The van der Waals surface area contributed by atoms with Gasteiger partial charge in [-0.1, -0.05) is 19.4 Å². The lowest BCUT2D eigenvalue weighted by atomic mass is 9.44. The quantitative estimate of drug-likeness (QED) is 0.407. The molecule has 0 radical (unpaired) electrons. The fraction of sp³-hybridized carbons (Fsp3) is 0.867. The van der Waals surface area contributed by atoms with Crippen molar-refractivity contribution in [2.24, 2.45) is 40.4 Å². The molecule has 0 spiro atoms. The second kappa shape index (κ2) is 9.84. The molecule has 4 rings (SSSR count). The molecule has 1 amide bonds. The zero-order valence-electron chi connectivity index (χ0n) is 23.5. The van der Waals surface area contributed by atoms with Crippen molar-refractivity contribution in [3.63, 3.8) is 0 Å².